The molecule has 0 radical (unpaired) electrons. The number of anilines is 1. The smallest absolute Gasteiger partial charge is 0.227 e. The van der Waals surface area contributed by atoms with E-state index in [9.17, 15) is 14.0 Å². The fourth-order valence-corrected chi connectivity index (χ4v) is 3.52. The summed E-state index contributed by atoms with van der Waals surface area (Å²) in [5.74, 6) is -0.386. The Balaban J connectivity index is 1.48. The molecule has 4 nitrogen and oxygen atoms in total. The van der Waals surface area contributed by atoms with Gasteiger partial charge < -0.3 is 10.2 Å². The maximum Gasteiger partial charge on any atom is 0.227 e. The molecule has 126 valence electrons. The Morgan fingerprint density at radius 2 is 1.88 bits per heavy atom. The highest BCUT2D eigenvalue weighted by molar-refractivity contribution is 7.08. The molecule has 0 spiro atoms. The first-order valence-corrected chi connectivity index (χ1v) is 8.91. The number of likely N-dealkylation sites (tertiary alicyclic amines) is 1. The predicted molar refractivity (Wildman–Crippen MR) is 92.4 cm³/mol. The average Bonchev–Trinajstić information content (AvgIpc) is 3.10. The van der Waals surface area contributed by atoms with Gasteiger partial charge in [0.25, 0.3) is 0 Å². The zero-order valence-corrected chi connectivity index (χ0v) is 14.0. The molecule has 0 aliphatic carbocycles. The van der Waals surface area contributed by atoms with Crippen LogP contribution in [0.15, 0.2) is 41.1 Å². The second kappa shape index (κ2) is 7.57. The summed E-state index contributed by atoms with van der Waals surface area (Å²) in [4.78, 5) is 26.4. The molecule has 0 bridgehead atoms. The molecule has 1 aromatic carbocycles. The minimum absolute atomic E-state index is 0.0634. The number of hydrogen-bond acceptors (Lipinski definition) is 3. The molecule has 3 rings (SSSR count). The Morgan fingerprint density at radius 1 is 1.17 bits per heavy atom. The summed E-state index contributed by atoms with van der Waals surface area (Å²) >= 11 is 1.59. The minimum atomic E-state index is -0.328. The lowest BCUT2D eigenvalue weighted by Gasteiger charge is -2.31. The molecule has 1 aliphatic heterocycles. The molecule has 1 saturated heterocycles. The standard InChI is InChI=1S/C18H19FN2O2S/c19-15-1-3-16(4-2-15)20-18(23)14-5-8-21(9-6-14)17(22)11-13-7-10-24-12-13/h1-4,7,10,12,14H,5-6,8-9,11H2,(H,20,23). The highest BCUT2D eigenvalue weighted by Gasteiger charge is 2.27. The second-order valence-corrected chi connectivity index (χ2v) is 6.74. The molecule has 2 heterocycles. The third-order valence-electron chi connectivity index (χ3n) is 4.27. The van der Waals surface area contributed by atoms with E-state index in [0.29, 0.717) is 38.0 Å². The monoisotopic (exact) mass is 346 g/mol. The maximum atomic E-state index is 12.9. The molecule has 2 aromatic rings. The van der Waals surface area contributed by atoms with Crippen LogP contribution in [0.2, 0.25) is 0 Å². The molecular weight excluding hydrogens is 327 g/mol. The van der Waals surface area contributed by atoms with Crippen molar-refractivity contribution in [2.75, 3.05) is 18.4 Å². The van der Waals surface area contributed by atoms with Gasteiger partial charge in [0.2, 0.25) is 11.8 Å². The van der Waals surface area contributed by atoms with Gasteiger partial charge in [0.15, 0.2) is 0 Å². The van der Waals surface area contributed by atoms with Crippen LogP contribution in [0.5, 0.6) is 0 Å². The van der Waals surface area contributed by atoms with Crippen molar-refractivity contribution in [3.63, 3.8) is 0 Å². The van der Waals surface area contributed by atoms with Crippen LogP contribution in [-0.2, 0) is 16.0 Å². The van der Waals surface area contributed by atoms with Crippen molar-refractivity contribution in [1.29, 1.82) is 0 Å². The topological polar surface area (TPSA) is 49.4 Å². The number of carbonyl (C=O) groups excluding carboxylic acids is 2. The lowest BCUT2D eigenvalue weighted by Crippen LogP contribution is -2.42. The summed E-state index contributed by atoms with van der Waals surface area (Å²) < 4.78 is 12.9. The van der Waals surface area contributed by atoms with Gasteiger partial charge in [0.1, 0.15) is 5.82 Å². The summed E-state index contributed by atoms with van der Waals surface area (Å²) in [6.45, 7) is 1.20. The summed E-state index contributed by atoms with van der Waals surface area (Å²) in [7, 11) is 0. The van der Waals surface area contributed by atoms with Crippen molar-refractivity contribution in [1.82, 2.24) is 4.90 Å². The van der Waals surface area contributed by atoms with Gasteiger partial charge in [-0.1, -0.05) is 0 Å². The molecule has 2 amide bonds. The van der Waals surface area contributed by atoms with Crippen molar-refractivity contribution in [3.05, 3.63) is 52.5 Å². The van der Waals surface area contributed by atoms with Gasteiger partial charge >= 0.3 is 0 Å². The van der Waals surface area contributed by atoms with E-state index >= 15 is 0 Å². The van der Waals surface area contributed by atoms with Gasteiger partial charge in [-0.25, -0.2) is 4.39 Å². The average molecular weight is 346 g/mol. The normalized spacial score (nSPS) is 15.3. The van der Waals surface area contributed by atoms with Crippen molar-refractivity contribution in [2.45, 2.75) is 19.3 Å². The lowest BCUT2D eigenvalue weighted by atomic mass is 9.95. The number of carbonyl (C=O) groups is 2. The van der Waals surface area contributed by atoms with Crippen molar-refractivity contribution in [2.24, 2.45) is 5.92 Å². The number of amides is 2. The van der Waals surface area contributed by atoms with Crippen LogP contribution >= 0.6 is 11.3 Å². The summed E-state index contributed by atoms with van der Waals surface area (Å²) in [6, 6.07) is 7.70. The summed E-state index contributed by atoms with van der Waals surface area (Å²) in [6.07, 6.45) is 1.74. The van der Waals surface area contributed by atoms with E-state index in [2.05, 4.69) is 5.32 Å². The first-order valence-electron chi connectivity index (χ1n) is 7.97. The van der Waals surface area contributed by atoms with Gasteiger partial charge in [0, 0.05) is 24.7 Å². The lowest BCUT2D eigenvalue weighted by molar-refractivity contribution is -0.133. The number of hydrogen-bond donors (Lipinski definition) is 1. The number of piperidine rings is 1. The maximum absolute atomic E-state index is 12.9. The Bertz CT molecular complexity index is 692. The Hall–Kier alpha value is -2.21. The molecule has 24 heavy (non-hydrogen) atoms. The molecular formula is C18H19FN2O2S. The quantitative estimate of drug-likeness (QED) is 0.923. The number of nitrogens with one attached hydrogen (secondary N) is 1. The van der Waals surface area contributed by atoms with E-state index in [1.807, 2.05) is 21.7 Å². The van der Waals surface area contributed by atoms with E-state index in [0.717, 1.165) is 5.56 Å². The Kier molecular flexibility index (Phi) is 5.25. The first-order chi connectivity index (χ1) is 11.6. The molecule has 1 aromatic heterocycles. The SMILES string of the molecule is O=C(Nc1ccc(F)cc1)C1CCN(C(=O)Cc2ccsc2)CC1. The van der Waals surface area contributed by atoms with Crippen molar-refractivity contribution >= 4 is 28.8 Å². The van der Waals surface area contributed by atoms with E-state index in [1.165, 1.54) is 12.1 Å². The number of halogens is 1. The van der Waals surface area contributed by atoms with Gasteiger partial charge in [-0.2, -0.15) is 11.3 Å². The third kappa shape index (κ3) is 4.20. The van der Waals surface area contributed by atoms with Crippen LogP contribution < -0.4 is 5.32 Å². The van der Waals surface area contributed by atoms with Gasteiger partial charge in [-0.3, -0.25) is 9.59 Å². The third-order valence-corrected chi connectivity index (χ3v) is 5.00. The highest BCUT2D eigenvalue weighted by Crippen LogP contribution is 2.21. The zero-order chi connectivity index (χ0) is 16.9. The first kappa shape index (κ1) is 16.6. The summed E-state index contributed by atoms with van der Waals surface area (Å²) in [5, 5.41) is 6.77. The van der Waals surface area contributed by atoms with E-state index in [1.54, 1.807) is 23.5 Å². The number of nitrogens with zero attached hydrogens (tertiary/aromatic N) is 1. The fourth-order valence-electron chi connectivity index (χ4n) is 2.85. The molecule has 6 heteroatoms. The largest absolute Gasteiger partial charge is 0.342 e. The van der Waals surface area contributed by atoms with Crippen molar-refractivity contribution < 1.29 is 14.0 Å². The molecule has 1 aliphatic rings. The van der Waals surface area contributed by atoms with Crippen LogP contribution in [0.1, 0.15) is 18.4 Å². The summed E-state index contributed by atoms with van der Waals surface area (Å²) in [5.41, 5.74) is 1.64. The van der Waals surface area contributed by atoms with Gasteiger partial charge in [-0.15, -0.1) is 0 Å². The van der Waals surface area contributed by atoms with Gasteiger partial charge in [-0.05, 0) is 59.5 Å². The molecule has 0 unspecified atom stereocenters. The molecule has 1 N–H and O–H groups in total. The number of rotatable bonds is 4. The highest BCUT2D eigenvalue weighted by atomic mass is 32.1. The van der Waals surface area contributed by atoms with Crippen molar-refractivity contribution in [3.8, 4) is 0 Å². The molecule has 1 fully saturated rings. The van der Waals surface area contributed by atoms with Crippen LogP contribution in [-0.4, -0.2) is 29.8 Å². The number of thiophene rings is 1. The van der Waals surface area contributed by atoms with Crippen LogP contribution in [0.25, 0.3) is 0 Å². The Labute approximate surface area is 144 Å². The molecule has 0 atom stereocenters. The zero-order valence-electron chi connectivity index (χ0n) is 13.2. The fraction of sp³-hybridized carbons (Fsp3) is 0.333. The molecule has 0 saturated carbocycles. The number of benzene rings is 1. The second-order valence-electron chi connectivity index (χ2n) is 5.96. The van der Waals surface area contributed by atoms with Gasteiger partial charge in [0.05, 0.1) is 6.42 Å². The van der Waals surface area contributed by atoms with Crippen LogP contribution in [0.4, 0.5) is 10.1 Å². The Morgan fingerprint density at radius 3 is 2.50 bits per heavy atom. The predicted octanol–water partition coefficient (Wildman–Crippen LogP) is 3.31. The van der Waals surface area contributed by atoms with Crippen LogP contribution in [0, 0.1) is 11.7 Å². The van der Waals surface area contributed by atoms with E-state index in [-0.39, 0.29) is 23.5 Å². The minimum Gasteiger partial charge on any atom is -0.342 e. The van der Waals surface area contributed by atoms with E-state index < -0.39 is 0 Å². The van der Waals surface area contributed by atoms with Crippen LogP contribution in [0.3, 0.4) is 0 Å². The van der Waals surface area contributed by atoms with E-state index in [4.69, 9.17) is 0 Å².